The average molecular weight is 291 g/mol. The van der Waals surface area contributed by atoms with Crippen LogP contribution in [0.15, 0.2) is 24.4 Å². The first-order valence-electron chi connectivity index (χ1n) is 6.29. The summed E-state index contributed by atoms with van der Waals surface area (Å²) in [4.78, 5) is 18.4. The number of nitrogens with two attached hydrogens (primary N) is 1. The number of hydrogen-bond donors (Lipinski definition) is 2. The molecule has 0 aromatic carbocycles. The van der Waals surface area contributed by atoms with Crippen molar-refractivity contribution in [2.75, 3.05) is 18.2 Å². The standard InChI is InChI=1S/C14H17N3O2S/c1-3-10-4-5-11(20-10)8-17-13-12(14(18)19-2)6-9(15)7-16-13/h4-7H,3,8,15H2,1-2H3,(H,16,17). The largest absolute Gasteiger partial charge is 0.465 e. The summed E-state index contributed by atoms with van der Waals surface area (Å²) in [5.41, 5.74) is 6.43. The highest BCUT2D eigenvalue weighted by Gasteiger charge is 2.13. The highest BCUT2D eigenvalue weighted by atomic mass is 32.1. The number of anilines is 2. The van der Waals surface area contributed by atoms with Gasteiger partial charge >= 0.3 is 5.97 Å². The molecule has 0 amide bonds. The Bertz CT molecular complexity index is 610. The first kappa shape index (κ1) is 14.3. The van der Waals surface area contributed by atoms with Gasteiger partial charge in [-0.25, -0.2) is 9.78 Å². The van der Waals surface area contributed by atoms with E-state index in [-0.39, 0.29) is 0 Å². The van der Waals surface area contributed by atoms with Gasteiger partial charge in [-0.1, -0.05) is 6.92 Å². The molecule has 0 saturated heterocycles. The molecule has 20 heavy (non-hydrogen) atoms. The van der Waals surface area contributed by atoms with Crippen LogP contribution in [0.1, 0.15) is 27.0 Å². The summed E-state index contributed by atoms with van der Waals surface area (Å²) in [5, 5.41) is 3.15. The predicted molar refractivity (Wildman–Crippen MR) is 81.0 cm³/mol. The van der Waals surface area contributed by atoms with Crippen LogP contribution in [0.3, 0.4) is 0 Å². The molecule has 2 heterocycles. The molecule has 0 aliphatic heterocycles. The number of ether oxygens (including phenoxy) is 1. The molecule has 3 N–H and O–H groups in total. The van der Waals surface area contributed by atoms with Crippen molar-refractivity contribution >= 4 is 28.8 Å². The number of methoxy groups -OCH3 is 1. The average Bonchev–Trinajstić information content (AvgIpc) is 2.93. The molecule has 2 aromatic heterocycles. The number of carbonyl (C=O) groups is 1. The summed E-state index contributed by atoms with van der Waals surface area (Å²) in [6.07, 6.45) is 2.54. The van der Waals surface area contributed by atoms with E-state index >= 15 is 0 Å². The smallest absolute Gasteiger partial charge is 0.341 e. The normalized spacial score (nSPS) is 10.3. The Morgan fingerprint density at radius 2 is 2.20 bits per heavy atom. The maximum atomic E-state index is 11.7. The molecule has 0 atom stereocenters. The minimum absolute atomic E-state index is 0.347. The molecule has 0 aliphatic rings. The fraction of sp³-hybridized carbons (Fsp3) is 0.286. The van der Waals surface area contributed by atoms with E-state index in [1.807, 2.05) is 0 Å². The third-order valence-corrected chi connectivity index (χ3v) is 4.04. The Morgan fingerprint density at radius 3 is 2.85 bits per heavy atom. The lowest BCUT2D eigenvalue weighted by atomic mass is 10.2. The van der Waals surface area contributed by atoms with Crippen LogP contribution in [-0.2, 0) is 17.7 Å². The lowest BCUT2D eigenvalue weighted by molar-refractivity contribution is 0.0601. The lowest BCUT2D eigenvalue weighted by Gasteiger charge is -2.09. The molecular weight excluding hydrogens is 274 g/mol. The van der Waals surface area contributed by atoms with Crippen molar-refractivity contribution in [3.8, 4) is 0 Å². The summed E-state index contributed by atoms with van der Waals surface area (Å²) >= 11 is 1.74. The number of nitrogen functional groups attached to an aromatic ring is 1. The number of rotatable bonds is 5. The van der Waals surface area contributed by atoms with Crippen molar-refractivity contribution in [3.63, 3.8) is 0 Å². The molecule has 2 aromatic rings. The van der Waals surface area contributed by atoms with Crippen molar-refractivity contribution in [2.24, 2.45) is 0 Å². The first-order valence-corrected chi connectivity index (χ1v) is 7.11. The SMILES string of the molecule is CCc1ccc(CNc2ncc(N)cc2C(=O)OC)s1. The zero-order valence-electron chi connectivity index (χ0n) is 11.5. The molecular formula is C14H17N3O2S. The number of nitrogens with one attached hydrogen (secondary N) is 1. The van der Waals surface area contributed by atoms with Crippen LogP contribution in [0.25, 0.3) is 0 Å². The molecule has 0 unspecified atom stereocenters. The van der Waals surface area contributed by atoms with Gasteiger partial charge in [-0.3, -0.25) is 0 Å². The van der Waals surface area contributed by atoms with Crippen LogP contribution in [0.4, 0.5) is 11.5 Å². The number of esters is 1. The maximum absolute atomic E-state index is 11.7. The van der Waals surface area contributed by atoms with Crippen LogP contribution >= 0.6 is 11.3 Å². The van der Waals surface area contributed by atoms with Crippen LogP contribution in [-0.4, -0.2) is 18.1 Å². The number of hydrogen-bond acceptors (Lipinski definition) is 6. The molecule has 106 valence electrons. The second-order valence-corrected chi connectivity index (χ2v) is 5.48. The van der Waals surface area contributed by atoms with E-state index in [0.29, 0.717) is 23.6 Å². The van der Waals surface area contributed by atoms with E-state index < -0.39 is 5.97 Å². The third-order valence-electron chi connectivity index (χ3n) is 2.81. The summed E-state index contributed by atoms with van der Waals surface area (Å²) in [6, 6.07) is 5.75. The van der Waals surface area contributed by atoms with Gasteiger partial charge < -0.3 is 15.8 Å². The predicted octanol–water partition coefficient (Wildman–Crippen LogP) is 2.69. The van der Waals surface area contributed by atoms with Crippen LogP contribution in [0.5, 0.6) is 0 Å². The van der Waals surface area contributed by atoms with E-state index in [9.17, 15) is 4.79 Å². The van der Waals surface area contributed by atoms with Gasteiger partial charge in [0, 0.05) is 9.75 Å². The Kier molecular flexibility index (Phi) is 4.57. The second kappa shape index (κ2) is 6.38. The maximum Gasteiger partial charge on any atom is 0.341 e. The Labute approximate surface area is 121 Å². The highest BCUT2D eigenvalue weighted by Crippen LogP contribution is 2.21. The lowest BCUT2D eigenvalue weighted by Crippen LogP contribution is -2.10. The molecule has 0 bridgehead atoms. The van der Waals surface area contributed by atoms with Crippen molar-refractivity contribution in [1.29, 1.82) is 0 Å². The van der Waals surface area contributed by atoms with Gasteiger partial charge in [0.05, 0.1) is 25.5 Å². The van der Waals surface area contributed by atoms with Gasteiger partial charge in [-0.2, -0.15) is 0 Å². The zero-order chi connectivity index (χ0) is 14.5. The monoisotopic (exact) mass is 291 g/mol. The quantitative estimate of drug-likeness (QED) is 0.828. The fourth-order valence-electron chi connectivity index (χ4n) is 1.77. The minimum atomic E-state index is -0.451. The van der Waals surface area contributed by atoms with Crippen LogP contribution < -0.4 is 11.1 Å². The molecule has 5 nitrogen and oxygen atoms in total. The Morgan fingerprint density at radius 1 is 1.45 bits per heavy atom. The number of thiophene rings is 1. The van der Waals surface area contributed by atoms with Crippen molar-refractivity contribution in [3.05, 3.63) is 39.7 Å². The number of pyridine rings is 1. The van der Waals surface area contributed by atoms with Crippen molar-refractivity contribution < 1.29 is 9.53 Å². The molecule has 0 saturated carbocycles. The van der Waals surface area contributed by atoms with Gasteiger partial charge in [0.15, 0.2) is 0 Å². The molecule has 0 fully saturated rings. The molecule has 0 radical (unpaired) electrons. The number of aromatic nitrogens is 1. The molecule has 6 heteroatoms. The van der Waals surface area contributed by atoms with Crippen LogP contribution in [0.2, 0.25) is 0 Å². The van der Waals surface area contributed by atoms with Gasteiger partial charge in [0.25, 0.3) is 0 Å². The third kappa shape index (κ3) is 3.27. The van der Waals surface area contributed by atoms with E-state index in [4.69, 9.17) is 10.5 Å². The Hall–Kier alpha value is -2.08. The molecule has 0 spiro atoms. The van der Waals surface area contributed by atoms with Crippen molar-refractivity contribution in [1.82, 2.24) is 4.98 Å². The van der Waals surface area contributed by atoms with Gasteiger partial charge in [0.1, 0.15) is 11.4 Å². The molecule has 0 aliphatic carbocycles. The number of nitrogens with zero attached hydrogens (tertiary/aromatic N) is 1. The first-order chi connectivity index (χ1) is 9.63. The van der Waals surface area contributed by atoms with Gasteiger partial charge in [-0.05, 0) is 24.6 Å². The zero-order valence-corrected chi connectivity index (χ0v) is 12.3. The summed E-state index contributed by atoms with van der Waals surface area (Å²) < 4.78 is 4.73. The van der Waals surface area contributed by atoms with Crippen LogP contribution in [0, 0.1) is 0 Å². The fourth-order valence-corrected chi connectivity index (χ4v) is 2.66. The minimum Gasteiger partial charge on any atom is -0.465 e. The summed E-state index contributed by atoms with van der Waals surface area (Å²) in [7, 11) is 1.34. The highest BCUT2D eigenvalue weighted by molar-refractivity contribution is 7.12. The topological polar surface area (TPSA) is 77.2 Å². The number of carbonyl (C=O) groups excluding carboxylic acids is 1. The van der Waals surface area contributed by atoms with Gasteiger partial charge in [0.2, 0.25) is 0 Å². The van der Waals surface area contributed by atoms with E-state index in [1.54, 1.807) is 17.4 Å². The van der Waals surface area contributed by atoms with E-state index in [1.165, 1.54) is 23.1 Å². The molecule has 2 rings (SSSR count). The van der Waals surface area contributed by atoms with E-state index in [2.05, 4.69) is 29.4 Å². The second-order valence-electron chi connectivity index (χ2n) is 4.23. The van der Waals surface area contributed by atoms with Crippen molar-refractivity contribution in [2.45, 2.75) is 19.9 Å². The summed E-state index contributed by atoms with van der Waals surface area (Å²) in [5.74, 6) is 0.0326. The van der Waals surface area contributed by atoms with E-state index in [0.717, 1.165) is 6.42 Å². The van der Waals surface area contributed by atoms with Gasteiger partial charge in [-0.15, -0.1) is 11.3 Å². The summed E-state index contributed by atoms with van der Waals surface area (Å²) in [6.45, 7) is 2.74. The Balaban J connectivity index is 2.14. The number of aryl methyl sites for hydroxylation is 1.